The molecule has 2 aromatic rings. The third-order valence-corrected chi connectivity index (χ3v) is 4.20. The molecule has 1 fully saturated rings. The number of hydrogen-bond donors (Lipinski definition) is 4. The lowest BCUT2D eigenvalue weighted by molar-refractivity contribution is -0.0783. The van der Waals surface area contributed by atoms with Gasteiger partial charge in [-0.1, -0.05) is 30.3 Å². The third kappa shape index (κ3) is 3.92. The SMILES string of the molecule is O=c1ccn([C@@H]2O[C@H](COCC(O)c3ccccc3)[C@@H](O)[C@H]2O)c(=O)[nH]1. The molecular formula is C17H20N2O7. The van der Waals surface area contributed by atoms with E-state index in [1.54, 1.807) is 24.3 Å². The quantitative estimate of drug-likeness (QED) is 0.511. The van der Waals surface area contributed by atoms with Crippen LogP contribution in [0.1, 0.15) is 17.9 Å². The second-order valence-corrected chi connectivity index (χ2v) is 6.03. The van der Waals surface area contributed by atoms with Crippen molar-refractivity contribution in [3.63, 3.8) is 0 Å². The van der Waals surface area contributed by atoms with Crippen LogP contribution in [0.25, 0.3) is 0 Å². The Hall–Kier alpha value is -2.30. The number of nitrogens with zero attached hydrogens (tertiary/aromatic N) is 1. The fourth-order valence-electron chi connectivity index (χ4n) is 2.79. The van der Waals surface area contributed by atoms with Gasteiger partial charge in [0.15, 0.2) is 6.23 Å². The maximum absolute atomic E-state index is 11.8. The van der Waals surface area contributed by atoms with Crippen molar-refractivity contribution >= 4 is 0 Å². The standard InChI is InChI=1S/C17H20N2O7/c20-11(10-4-2-1-3-5-10)8-25-9-12-14(22)15(23)16(26-12)19-7-6-13(21)18-17(19)24/h1-7,11-12,14-16,20,22-23H,8-9H2,(H,18,21,24)/t11?,12-,14-,15-,16-/m1/s1. The molecule has 0 saturated carbocycles. The Labute approximate surface area is 148 Å². The highest BCUT2D eigenvalue weighted by Gasteiger charge is 2.44. The lowest BCUT2D eigenvalue weighted by Gasteiger charge is -2.17. The number of nitrogens with one attached hydrogen (secondary N) is 1. The molecule has 4 N–H and O–H groups in total. The molecule has 5 atom stereocenters. The van der Waals surface area contributed by atoms with Crippen molar-refractivity contribution in [2.75, 3.05) is 13.2 Å². The van der Waals surface area contributed by atoms with Crippen molar-refractivity contribution in [2.45, 2.75) is 30.6 Å². The Balaban J connectivity index is 1.59. The van der Waals surface area contributed by atoms with Gasteiger partial charge in [0.25, 0.3) is 5.56 Å². The highest BCUT2D eigenvalue weighted by atomic mass is 16.6. The Morgan fingerprint density at radius 3 is 2.58 bits per heavy atom. The first kappa shape index (κ1) is 18.5. The molecule has 0 spiro atoms. The highest BCUT2D eigenvalue weighted by Crippen LogP contribution is 2.28. The van der Waals surface area contributed by atoms with Gasteiger partial charge in [-0.15, -0.1) is 0 Å². The maximum atomic E-state index is 11.8. The van der Waals surface area contributed by atoms with Gasteiger partial charge in [-0.3, -0.25) is 14.3 Å². The van der Waals surface area contributed by atoms with Crippen LogP contribution in [0.2, 0.25) is 0 Å². The second-order valence-electron chi connectivity index (χ2n) is 6.03. The van der Waals surface area contributed by atoms with Crippen LogP contribution in [0.3, 0.4) is 0 Å². The van der Waals surface area contributed by atoms with E-state index >= 15 is 0 Å². The average molecular weight is 364 g/mol. The Morgan fingerprint density at radius 2 is 1.88 bits per heavy atom. The zero-order chi connectivity index (χ0) is 18.7. The normalized spacial score (nSPS) is 26.7. The molecular weight excluding hydrogens is 344 g/mol. The number of benzene rings is 1. The van der Waals surface area contributed by atoms with Crippen molar-refractivity contribution in [1.82, 2.24) is 9.55 Å². The summed E-state index contributed by atoms with van der Waals surface area (Å²) >= 11 is 0. The van der Waals surface area contributed by atoms with Crippen molar-refractivity contribution in [1.29, 1.82) is 0 Å². The first-order valence-corrected chi connectivity index (χ1v) is 8.11. The zero-order valence-corrected chi connectivity index (χ0v) is 13.8. The summed E-state index contributed by atoms with van der Waals surface area (Å²) in [6.07, 6.45) is -4.35. The molecule has 1 aromatic carbocycles. The summed E-state index contributed by atoms with van der Waals surface area (Å²) in [4.78, 5) is 25.0. The Kier molecular flexibility index (Phi) is 5.64. The molecule has 1 aromatic heterocycles. The lowest BCUT2D eigenvalue weighted by Crippen LogP contribution is -2.37. The molecule has 140 valence electrons. The van der Waals surface area contributed by atoms with E-state index in [4.69, 9.17) is 9.47 Å². The summed E-state index contributed by atoms with van der Waals surface area (Å²) in [5.41, 5.74) is -0.637. The van der Waals surface area contributed by atoms with Gasteiger partial charge < -0.3 is 24.8 Å². The fraction of sp³-hybridized carbons (Fsp3) is 0.412. The van der Waals surface area contributed by atoms with Gasteiger partial charge in [-0.2, -0.15) is 0 Å². The lowest BCUT2D eigenvalue weighted by atomic mass is 10.1. The minimum atomic E-state index is -1.37. The van der Waals surface area contributed by atoms with Crippen LogP contribution < -0.4 is 11.2 Å². The molecule has 3 rings (SSSR count). The molecule has 9 nitrogen and oxygen atoms in total. The van der Waals surface area contributed by atoms with Gasteiger partial charge >= 0.3 is 5.69 Å². The predicted molar refractivity (Wildman–Crippen MR) is 89.5 cm³/mol. The third-order valence-electron chi connectivity index (χ3n) is 4.20. The number of aromatic nitrogens is 2. The van der Waals surface area contributed by atoms with Crippen LogP contribution in [-0.4, -0.2) is 56.4 Å². The van der Waals surface area contributed by atoms with Crippen molar-refractivity contribution in [3.8, 4) is 0 Å². The van der Waals surface area contributed by atoms with Gasteiger partial charge in [0.2, 0.25) is 0 Å². The van der Waals surface area contributed by atoms with Crippen LogP contribution in [-0.2, 0) is 9.47 Å². The van der Waals surface area contributed by atoms with E-state index in [9.17, 15) is 24.9 Å². The molecule has 0 aliphatic carbocycles. The number of aromatic amines is 1. The molecule has 1 aliphatic heterocycles. The second kappa shape index (κ2) is 7.94. The van der Waals surface area contributed by atoms with Crippen molar-refractivity contribution in [2.24, 2.45) is 0 Å². The first-order chi connectivity index (χ1) is 12.5. The molecule has 0 radical (unpaired) electrons. The monoisotopic (exact) mass is 364 g/mol. The average Bonchev–Trinajstić information content (AvgIpc) is 2.91. The number of aliphatic hydroxyl groups is 3. The molecule has 0 amide bonds. The predicted octanol–water partition coefficient (Wildman–Crippen LogP) is -1.09. The van der Waals surface area contributed by atoms with E-state index in [2.05, 4.69) is 4.98 Å². The van der Waals surface area contributed by atoms with E-state index in [0.717, 1.165) is 10.6 Å². The Bertz CT molecular complexity index is 835. The smallest absolute Gasteiger partial charge is 0.330 e. The van der Waals surface area contributed by atoms with Gasteiger partial charge in [0.05, 0.1) is 13.2 Å². The summed E-state index contributed by atoms with van der Waals surface area (Å²) in [6, 6.07) is 10.1. The topological polar surface area (TPSA) is 134 Å². The zero-order valence-electron chi connectivity index (χ0n) is 13.8. The molecule has 1 saturated heterocycles. The summed E-state index contributed by atoms with van der Waals surface area (Å²) in [6.45, 7) is -0.104. The number of rotatable bonds is 6. The molecule has 0 bridgehead atoms. The van der Waals surface area contributed by atoms with Crippen molar-refractivity contribution < 1.29 is 24.8 Å². The minimum absolute atomic E-state index is 0.0179. The van der Waals surface area contributed by atoms with E-state index < -0.39 is 41.9 Å². The molecule has 9 heteroatoms. The summed E-state index contributed by atoms with van der Waals surface area (Å²) in [7, 11) is 0. The fourth-order valence-corrected chi connectivity index (χ4v) is 2.79. The number of ether oxygens (including phenoxy) is 2. The van der Waals surface area contributed by atoms with E-state index in [-0.39, 0.29) is 13.2 Å². The van der Waals surface area contributed by atoms with Crippen LogP contribution >= 0.6 is 0 Å². The van der Waals surface area contributed by atoms with Gasteiger partial charge in [0.1, 0.15) is 24.4 Å². The summed E-state index contributed by atoms with van der Waals surface area (Å²) in [5, 5.41) is 30.3. The van der Waals surface area contributed by atoms with E-state index in [0.29, 0.717) is 5.56 Å². The molecule has 1 aliphatic rings. The number of aliphatic hydroxyl groups excluding tert-OH is 3. The maximum Gasteiger partial charge on any atom is 0.330 e. The number of H-pyrrole nitrogens is 1. The van der Waals surface area contributed by atoms with E-state index in [1.165, 1.54) is 6.20 Å². The van der Waals surface area contributed by atoms with E-state index in [1.807, 2.05) is 6.07 Å². The van der Waals surface area contributed by atoms with Crippen molar-refractivity contribution in [3.05, 3.63) is 69.0 Å². The van der Waals surface area contributed by atoms with Gasteiger partial charge in [0, 0.05) is 12.3 Å². The molecule has 1 unspecified atom stereocenters. The van der Waals surface area contributed by atoms with Crippen LogP contribution in [0.5, 0.6) is 0 Å². The molecule has 26 heavy (non-hydrogen) atoms. The van der Waals surface area contributed by atoms with Gasteiger partial charge in [-0.05, 0) is 5.56 Å². The van der Waals surface area contributed by atoms with Crippen LogP contribution in [0.4, 0.5) is 0 Å². The highest BCUT2D eigenvalue weighted by molar-refractivity contribution is 5.17. The van der Waals surface area contributed by atoms with Gasteiger partial charge in [-0.25, -0.2) is 4.79 Å². The summed E-state index contributed by atoms with van der Waals surface area (Å²) < 4.78 is 11.9. The van der Waals surface area contributed by atoms with Crippen LogP contribution in [0.15, 0.2) is 52.2 Å². The minimum Gasteiger partial charge on any atom is -0.387 e. The largest absolute Gasteiger partial charge is 0.387 e. The molecule has 2 heterocycles. The van der Waals surface area contributed by atoms with Crippen LogP contribution in [0, 0.1) is 0 Å². The Morgan fingerprint density at radius 1 is 1.15 bits per heavy atom. The summed E-state index contributed by atoms with van der Waals surface area (Å²) in [5.74, 6) is 0. The first-order valence-electron chi connectivity index (χ1n) is 8.11. The number of hydrogen-bond acceptors (Lipinski definition) is 7.